The maximum atomic E-state index is 13.5. The maximum Gasteiger partial charge on any atom is 0.417 e. The molecule has 1 amide bonds. The van der Waals surface area contributed by atoms with Crippen LogP contribution in [-0.2, 0) is 11.0 Å². The second-order valence-corrected chi connectivity index (χ2v) is 7.26. The van der Waals surface area contributed by atoms with Crippen molar-refractivity contribution < 1.29 is 18.0 Å². The molecule has 5 nitrogen and oxygen atoms in total. The maximum absolute atomic E-state index is 13.5. The van der Waals surface area contributed by atoms with Crippen LogP contribution in [0.3, 0.4) is 0 Å². The van der Waals surface area contributed by atoms with Gasteiger partial charge in [0.1, 0.15) is 11.7 Å². The Morgan fingerprint density at radius 2 is 1.93 bits per heavy atom. The highest BCUT2D eigenvalue weighted by Crippen LogP contribution is 2.42. The van der Waals surface area contributed by atoms with Gasteiger partial charge in [-0.2, -0.15) is 13.2 Å². The van der Waals surface area contributed by atoms with Gasteiger partial charge in [-0.1, -0.05) is 25.1 Å². The van der Waals surface area contributed by atoms with E-state index < -0.39 is 11.7 Å². The summed E-state index contributed by atoms with van der Waals surface area (Å²) < 4.78 is 40.4. The summed E-state index contributed by atoms with van der Waals surface area (Å²) in [6.07, 6.45) is 0.544. The van der Waals surface area contributed by atoms with Gasteiger partial charge in [0, 0.05) is 18.7 Å². The molecule has 1 unspecified atom stereocenters. The largest absolute Gasteiger partial charge is 0.417 e. The lowest BCUT2D eigenvalue weighted by atomic mass is 9.88. The molecule has 1 aromatic heterocycles. The summed E-state index contributed by atoms with van der Waals surface area (Å²) in [5, 5.41) is 0. The summed E-state index contributed by atoms with van der Waals surface area (Å²) in [7, 11) is 1.66. The highest BCUT2D eigenvalue weighted by molar-refractivity contribution is 6.04. The number of anilines is 2. The van der Waals surface area contributed by atoms with Gasteiger partial charge in [-0.25, -0.2) is 9.97 Å². The standard InChI is InChI=1S/C20H21F3N4O/c1-3-15-19(28)26(2)16-11-24-17(25-18(16)27(15)12-7-6-8-12)13-9-4-5-10-14(13)20(21,22)23/h4-5,9-12,15H,3,6-8H2,1-2H3. The Balaban J connectivity index is 1.87. The minimum absolute atomic E-state index is 0.0219. The number of benzene rings is 1. The van der Waals surface area contributed by atoms with E-state index in [1.165, 1.54) is 23.2 Å². The number of amides is 1. The van der Waals surface area contributed by atoms with Crippen molar-refractivity contribution in [2.24, 2.45) is 0 Å². The van der Waals surface area contributed by atoms with Crippen LogP contribution in [0.1, 0.15) is 38.2 Å². The molecule has 1 fully saturated rings. The topological polar surface area (TPSA) is 49.3 Å². The van der Waals surface area contributed by atoms with Crippen LogP contribution in [0.25, 0.3) is 11.4 Å². The number of carbonyl (C=O) groups is 1. The van der Waals surface area contributed by atoms with Crippen LogP contribution in [0, 0.1) is 0 Å². The van der Waals surface area contributed by atoms with E-state index >= 15 is 0 Å². The molecule has 0 spiro atoms. The fourth-order valence-corrected chi connectivity index (χ4v) is 3.92. The van der Waals surface area contributed by atoms with Crippen LogP contribution in [0.5, 0.6) is 0 Å². The number of hydrogen-bond acceptors (Lipinski definition) is 4. The molecule has 1 aromatic carbocycles. The van der Waals surface area contributed by atoms with E-state index in [2.05, 4.69) is 9.97 Å². The summed E-state index contributed by atoms with van der Waals surface area (Å²) in [5.41, 5.74) is -0.286. The summed E-state index contributed by atoms with van der Waals surface area (Å²) in [6, 6.07) is 5.14. The number of fused-ring (bicyclic) bond motifs is 1. The van der Waals surface area contributed by atoms with Crippen LogP contribution < -0.4 is 9.80 Å². The molecule has 1 aliphatic carbocycles. The van der Waals surface area contributed by atoms with Gasteiger partial charge < -0.3 is 9.80 Å². The Morgan fingerprint density at radius 3 is 2.54 bits per heavy atom. The quantitative estimate of drug-likeness (QED) is 0.785. The van der Waals surface area contributed by atoms with Gasteiger partial charge in [0.25, 0.3) is 0 Å². The number of halogens is 3. The molecule has 0 bridgehead atoms. The number of rotatable bonds is 3. The molecule has 4 rings (SSSR count). The van der Waals surface area contributed by atoms with E-state index in [9.17, 15) is 18.0 Å². The predicted octanol–water partition coefficient (Wildman–Crippen LogP) is 4.28. The van der Waals surface area contributed by atoms with Gasteiger partial charge >= 0.3 is 6.18 Å². The number of aromatic nitrogens is 2. The smallest absolute Gasteiger partial charge is 0.340 e. The molecule has 148 valence electrons. The molecule has 2 aliphatic rings. The van der Waals surface area contributed by atoms with Crippen molar-refractivity contribution in [1.29, 1.82) is 0 Å². The lowest BCUT2D eigenvalue weighted by molar-refractivity contribution is -0.137. The van der Waals surface area contributed by atoms with Crippen molar-refractivity contribution >= 4 is 17.4 Å². The molecular formula is C20H21F3N4O. The fraction of sp³-hybridized carbons (Fsp3) is 0.450. The monoisotopic (exact) mass is 390 g/mol. The zero-order valence-corrected chi connectivity index (χ0v) is 15.7. The molecule has 0 N–H and O–H groups in total. The van der Waals surface area contributed by atoms with E-state index in [0.29, 0.717) is 17.9 Å². The number of alkyl halides is 3. The predicted molar refractivity (Wildman–Crippen MR) is 100 cm³/mol. The van der Waals surface area contributed by atoms with Gasteiger partial charge in [0.05, 0.1) is 11.8 Å². The van der Waals surface area contributed by atoms with Crippen molar-refractivity contribution in [3.63, 3.8) is 0 Å². The van der Waals surface area contributed by atoms with Crippen LogP contribution in [-0.4, -0.2) is 35.0 Å². The molecule has 2 heterocycles. The molecule has 28 heavy (non-hydrogen) atoms. The first-order chi connectivity index (χ1) is 13.3. The highest BCUT2D eigenvalue weighted by Gasteiger charge is 2.42. The fourth-order valence-electron chi connectivity index (χ4n) is 3.92. The van der Waals surface area contributed by atoms with Gasteiger partial charge in [-0.3, -0.25) is 4.79 Å². The van der Waals surface area contributed by atoms with Gasteiger partial charge in [0.15, 0.2) is 11.6 Å². The third-order valence-electron chi connectivity index (χ3n) is 5.64. The number of hydrogen-bond donors (Lipinski definition) is 0. The molecular weight excluding hydrogens is 369 g/mol. The van der Waals surface area contributed by atoms with Crippen LogP contribution >= 0.6 is 0 Å². The van der Waals surface area contributed by atoms with Crippen molar-refractivity contribution in [3.05, 3.63) is 36.0 Å². The number of likely N-dealkylation sites (N-methyl/N-ethyl adjacent to an activating group) is 1. The second kappa shape index (κ2) is 6.76. The van der Waals surface area contributed by atoms with Gasteiger partial charge in [-0.05, 0) is 31.7 Å². The van der Waals surface area contributed by atoms with Crippen LogP contribution in [0.4, 0.5) is 24.7 Å². The van der Waals surface area contributed by atoms with Crippen molar-refractivity contribution in [2.45, 2.75) is 50.9 Å². The first-order valence-electron chi connectivity index (χ1n) is 9.42. The molecule has 2 aromatic rings. The van der Waals surface area contributed by atoms with E-state index in [-0.39, 0.29) is 29.4 Å². The molecule has 0 saturated heterocycles. The first kappa shape index (κ1) is 18.7. The first-order valence-corrected chi connectivity index (χ1v) is 9.42. The van der Waals surface area contributed by atoms with Gasteiger partial charge in [-0.15, -0.1) is 0 Å². The van der Waals surface area contributed by atoms with Crippen molar-refractivity contribution in [1.82, 2.24) is 9.97 Å². The van der Waals surface area contributed by atoms with Crippen molar-refractivity contribution in [2.75, 3.05) is 16.8 Å². The summed E-state index contributed by atoms with van der Waals surface area (Å²) >= 11 is 0. The summed E-state index contributed by atoms with van der Waals surface area (Å²) in [5.74, 6) is 0.531. The third kappa shape index (κ3) is 2.91. The third-order valence-corrected chi connectivity index (χ3v) is 5.64. The van der Waals surface area contributed by atoms with E-state index in [4.69, 9.17) is 0 Å². The van der Waals surface area contributed by atoms with E-state index in [1.54, 1.807) is 13.1 Å². The Labute approximate surface area is 161 Å². The molecule has 0 radical (unpaired) electrons. The van der Waals surface area contributed by atoms with E-state index in [0.717, 1.165) is 25.3 Å². The SMILES string of the molecule is CCC1C(=O)N(C)c2cnc(-c3ccccc3C(F)(F)F)nc2N1C1CCC1. The van der Waals surface area contributed by atoms with E-state index in [1.807, 2.05) is 11.8 Å². The minimum atomic E-state index is -4.50. The number of carbonyl (C=O) groups excluding carboxylic acids is 1. The van der Waals surface area contributed by atoms with Gasteiger partial charge in [0.2, 0.25) is 5.91 Å². The van der Waals surface area contributed by atoms with Crippen molar-refractivity contribution in [3.8, 4) is 11.4 Å². The normalized spacial score (nSPS) is 20.2. The van der Waals surface area contributed by atoms with Crippen LogP contribution in [0.15, 0.2) is 30.5 Å². The Morgan fingerprint density at radius 1 is 1.21 bits per heavy atom. The Kier molecular flexibility index (Phi) is 4.51. The Bertz CT molecular complexity index is 911. The molecule has 8 heteroatoms. The molecule has 1 saturated carbocycles. The Hall–Kier alpha value is -2.64. The number of nitrogens with zero attached hydrogens (tertiary/aromatic N) is 4. The summed E-state index contributed by atoms with van der Waals surface area (Å²) in [4.78, 5) is 25.0. The molecule has 1 aliphatic heterocycles. The molecule has 1 atom stereocenters. The average Bonchev–Trinajstić information content (AvgIpc) is 2.63. The summed E-state index contributed by atoms with van der Waals surface area (Å²) in [6.45, 7) is 1.94. The highest BCUT2D eigenvalue weighted by atomic mass is 19.4. The van der Waals surface area contributed by atoms with Crippen LogP contribution in [0.2, 0.25) is 0 Å². The lowest BCUT2D eigenvalue weighted by Gasteiger charge is -2.47. The average molecular weight is 390 g/mol. The lowest BCUT2D eigenvalue weighted by Crippen LogP contribution is -2.57. The second-order valence-electron chi connectivity index (χ2n) is 7.26. The zero-order valence-electron chi connectivity index (χ0n) is 15.7. The minimum Gasteiger partial charge on any atom is -0.340 e. The zero-order chi connectivity index (χ0) is 20.1.